The molecule has 88 valence electrons. The van der Waals surface area contributed by atoms with Crippen molar-refractivity contribution in [3.8, 4) is 0 Å². The molecule has 2 N–H and O–H groups in total. The van der Waals surface area contributed by atoms with Gasteiger partial charge in [0, 0.05) is 0 Å². The molecule has 1 nitrogen and oxygen atoms in total. The van der Waals surface area contributed by atoms with Crippen molar-refractivity contribution < 1.29 is 0 Å². The van der Waals surface area contributed by atoms with E-state index in [1.54, 1.807) is 11.1 Å². The number of benzene rings is 1. The maximum absolute atomic E-state index is 5.89. The van der Waals surface area contributed by atoms with Gasteiger partial charge in [-0.3, -0.25) is 0 Å². The summed E-state index contributed by atoms with van der Waals surface area (Å²) in [5.41, 5.74) is 10.8. The van der Waals surface area contributed by atoms with Crippen molar-refractivity contribution in [3.05, 3.63) is 34.9 Å². The quantitative estimate of drug-likeness (QED) is 0.809. The van der Waals surface area contributed by atoms with Gasteiger partial charge in [0.2, 0.25) is 0 Å². The number of hydrogen-bond acceptors (Lipinski definition) is 1. The van der Waals surface area contributed by atoms with Crippen LogP contribution in [0.3, 0.4) is 0 Å². The standard InChI is InChI=1S/C15H23N/c1-11-5-4-6-12-9-13(7-8-14(11)12)15(2,3)10-16/h4-6,13H,7-10,16H2,1-3H3. The molecule has 0 heterocycles. The molecular formula is C15H23N. The third kappa shape index (κ3) is 2.01. The summed E-state index contributed by atoms with van der Waals surface area (Å²) in [5.74, 6) is 0.742. The molecule has 0 bridgehead atoms. The summed E-state index contributed by atoms with van der Waals surface area (Å²) >= 11 is 0. The lowest BCUT2D eigenvalue weighted by atomic mass is 9.69. The van der Waals surface area contributed by atoms with Crippen LogP contribution in [0.5, 0.6) is 0 Å². The highest BCUT2D eigenvalue weighted by molar-refractivity contribution is 5.36. The molecule has 1 atom stereocenters. The second-order valence-corrected chi connectivity index (χ2v) is 5.85. The molecule has 1 aliphatic rings. The summed E-state index contributed by atoms with van der Waals surface area (Å²) in [4.78, 5) is 0. The van der Waals surface area contributed by atoms with E-state index in [0.717, 1.165) is 12.5 Å². The monoisotopic (exact) mass is 217 g/mol. The lowest BCUT2D eigenvalue weighted by Crippen LogP contribution is -2.35. The van der Waals surface area contributed by atoms with E-state index >= 15 is 0 Å². The van der Waals surface area contributed by atoms with Crippen LogP contribution in [-0.2, 0) is 12.8 Å². The topological polar surface area (TPSA) is 26.0 Å². The molecule has 0 amide bonds. The molecule has 0 spiro atoms. The Hall–Kier alpha value is -0.820. The van der Waals surface area contributed by atoms with Gasteiger partial charge >= 0.3 is 0 Å². The Morgan fingerprint density at radius 1 is 1.38 bits per heavy atom. The van der Waals surface area contributed by atoms with Gasteiger partial charge in [0.15, 0.2) is 0 Å². The van der Waals surface area contributed by atoms with Crippen LogP contribution in [0.1, 0.15) is 37.0 Å². The summed E-state index contributed by atoms with van der Waals surface area (Å²) < 4.78 is 0. The van der Waals surface area contributed by atoms with Crippen LogP contribution in [-0.4, -0.2) is 6.54 Å². The summed E-state index contributed by atoms with van der Waals surface area (Å²) in [5, 5.41) is 0. The zero-order valence-corrected chi connectivity index (χ0v) is 10.7. The smallest absolute Gasteiger partial charge is 0.00231 e. The molecule has 0 aromatic heterocycles. The second-order valence-electron chi connectivity index (χ2n) is 5.85. The van der Waals surface area contributed by atoms with Crippen LogP contribution in [0.25, 0.3) is 0 Å². The first-order chi connectivity index (χ1) is 7.54. The lowest BCUT2D eigenvalue weighted by molar-refractivity contribution is 0.199. The van der Waals surface area contributed by atoms with E-state index in [1.165, 1.54) is 24.8 Å². The maximum atomic E-state index is 5.89. The van der Waals surface area contributed by atoms with Crippen molar-refractivity contribution in [1.29, 1.82) is 0 Å². The van der Waals surface area contributed by atoms with Crippen molar-refractivity contribution in [2.75, 3.05) is 6.54 Å². The summed E-state index contributed by atoms with van der Waals surface area (Å²) in [7, 11) is 0. The van der Waals surface area contributed by atoms with E-state index in [9.17, 15) is 0 Å². The van der Waals surface area contributed by atoms with Crippen molar-refractivity contribution >= 4 is 0 Å². The Bertz CT molecular complexity index is 379. The van der Waals surface area contributed by atoms with Gasteiger partial charge in [-0.05, 0) is 60.8 Å². The van der Waals surface area contributed by atoms with Crippen LogP contribution in [0.4, 0.5) is 0 Å². The predicted molar refractivity (Wildman–Crippen MR) is 69.5 cm³/mol. The number of nitrogens with two attached hydrogens (primary N) is 1. The highest BCUT2D eigenvalue weighted by atomic mass is 14.6. The fourth-order valence-corrected chi connectivity index (χ4v) is 2.83. The summed E-state index contributed by atoms with van der Waals surface area (Å²) in [6.45, 7) is 7.63. The van der Waals surface area contributed by atoms with Crippen molar-refractivity contribution in [2.24, 2.45) is 17.1 Å². The molecule has 16 heavy (non-hydrogen) atoms. The van der Waals surface area contributed by atoms with Gasteiger partial charge in [-0.1, -0.05) is 32.0 Å². The van der Waals surface area contributed by atoms with E-state index in [2.05, 4.69) is 39.0 Å². The van der Waals surface area contributed by atoms with Crippen LogP contribution >= 0.6 is 0 Å². The molecular weight excluding hydrogens is 194 g/mol. The highest BCUT2D eigenvalue weighted by Crippen LogP contribution is 2.37. The van der Waals surface area contributed by atoms with Gasteiger partial charge in [0.05, 0.1) is 0 Å². The molecule has 0 saturated carbocycles. The van der Waals surface area contributed by atoms with Crippen LogP contribution in [0.15, 0.2) is 18.2 Å². The average molecular weight is 217 g/mol. The van der Waals surface area contributed by atoms with Crippen LogP contribution in [0.2, 0.25) is 0 Å². The minimum Gasteiger partial charge on any atom is -0.330 e. The number of aryl methyl sites for hydroxylation is 1. The fourth-order valence-electron chi connectivity index (χ4n) is 2.83. The van der Waals surface area contributed by atoms with E-state index in [-0.39, 0.29) is 5.41 Å². The molecule has 1 heteroatoms. The molecule has 0 fully saturated rings. The fraction of sp³-hybridized carbons (Fsp3) is 0.600. The number of rotatable bonds is 2. The van der Waals surface area contributed by atoms with E-state index < -0.39 is 0 Å². The van der Waals surface area contributed by atoms with E-state index in [4.69, 9.17) is 5.73 Å². The largest absolute Gasteiger partial charge is 0.330 e. The zero-order valence-electron chi connectivity index (χ0n) is 10.7. The minimum absolute atomic E-state index is 0.279. The van der Waals surface area contributed by atoms with Crippen LogP contribution < -0.4 is 5.73 Å². The Labute approximate surface area is 99.0 Å². The van der Waals surface area contributed by atoms with Gasteiger partial charge in [-0.25, -0.2) is 0 Å². The second kappa shape index (κ2) is 4.21. The van der Waals surface area contributed by atoms with Gasteiger partial charge in [-0.2, -0.15) is 0 Å². The van der Waals surface area contributed by atoms with Crippen molar-refractivity contribution in [2.45, 2.75) is 40.0 Å². The normalized spacial score (nSPS) is 20.6. The Morgan fingerprint density at radius 2 is 2.12 bits per heavy atom. The third-order valence-corrected chi connectivity index (χ3v) is 4.35. The Kier molecular flexibility index (Phi) is 3.07. The average Bonchev–Trinajstić information content (AvgIpc) is 2.29. The summed E-state index contributed by atoms with van der Waals surface area (Å²) in [6.07, 6.45) is 3.74. The zero-order chi connectivity index (χ0) is 11.8. The van der Waals surface area contributed by atoms with Crippen molar-refractivity contribution in [3.63, 3.8) is 0 Å². The van der Waals surface area contributed by atoms with Gasteiger partial charge in [0.25, 0.3) is 0 Å². The molecule has 1 aromatic carbocycles. The molecule has 1 aliphatic carbocycles. The van der Waals surface area contributed by atoms with E-state index in [0.29, 0.717) is 0 Å². The third-order valence-electron chi connectivity index (χ3n) is 4.35. The Morgan fingerprint density at radius 3 is 2.81 bits per heavy atom. The van der Waals surface area contributed by atoms with Gasteiger partial charge < -0.3 is 5.73 Å². The molecule has 0 aliphatic heterocycles. The predicted octanol–water partition coefficient (Wildman–Crippen LogP) is 3.08. The van der Waals surface area contributed by atoms with E-state index in [1.807, 2.05) is 0 Å². The number of fused-ring (bicyclic) bond motifs is 1. The first kappa shape index (κ1) is 11.7. The lowest BCUT2D eigenvalue weighted by Gasteiger charge is -2.37. The molecule has 0 radical (unpaired) electrons. The van der Waals surface area contributed by atoms with Crippen molar-refractivity contribution in [1.82, 2.24) is 0 Å². The van der Waals surface area contributed by atoms with Gasteiger partial charge in [-0.15, -0.1) is 0 Å². The minimum atomic E-state index is 0.279. The first-order valence-corrected chi connectivity index (χ1v) is 6.32. The SMILES string of the molecule is Cc1cccc2c1CCC(C(C)(C)CN)C2. The van der Waals surface area contributed by atoms with Gasteiger partial charge in [0.1, 0.15) is 0 Å². The summed E-state index contributed by atoms with van der Waals surface area (Å²) in [6, 6.07) is 6.71. The maximum Gasteiger partial charge on any atom is -0.00231 e. The first-order valence-electron chi connectivity index (χ1n) is 6.32. The molecule has 1 aromatic rings. The molecule has 1 unspecified atom stereocenters. The molecule has 2 rings (SSSR count). The Balaban J connectivity index is 2.25. The highest BCUT2D eigenvalue weighted by Gasteiger charge is 2.31. The van der Waals surface area contributed by atoms with Crippen LogP contribution in [0, 0.1) is 18.3 Å². The molecule has 0 saturated heterocycles. The number of hydrogen-bond donors (Lipinski definition) is 1.